The quantitative estimate of drug-likeness (QED) is 0.201. The van der Waals surface area contributed by atoms with Gasteiger partial charge in [-0.2, -0.15) is 0 Å². The highest BCUT2D eigenvalue weighted by molar-refractivity contribution is 7.99. The number of hydrogen-bond donors (Lipinski definition) is 1. The van der Waals surface area contributed by atoms with Crippen molar-refractivity contribution >= 4 is 57.3 Å². The van der Waals surface area contributed by atoms with Crippen molar-refractivity contribution < 1.29 is 9.53 Å². The molecule has 0 fully saturated rings. The first-order valence-electron chi connectivity index (χ1n) is 10.0. The summed E-state index contributed by atoms with van der Waals surface area (Å²) in [5.74, 6) is 1.39. The van der Waals surface area contributed by atoms with Crippen LogP contribution in [0.3, 0.4) is 0 Å². The molecule has 0 unspecified atom stereocenters. The number of benzene rings is 2. The van der Waals surface area contributed by atoms with Crippen LogP contribution < -0.4 is 10.1 Å². The van der Waals surface area contributed by atoms with Crippen molar-refractivity contribution in [3.05, 3.63) is 70.5 Å². The van der Waals surface area contributed by atoms with Crippen molar-refractivity contribution in [1.29, 1.82) is 0 Å². The molecule has 34 heavy (non-hydrogen) atoms. The van der Waals surface area contributed by atoms with Crippen LogP contribution in [-0.2, 0) is 11.3 Å². The largest absolute Gasteiger partial charge is 0.497 e. The number of methoxy groups -OCH3 is 1. The maximum Gasteiger partial charge on any atom is 0.236 e. The summed E-state index contributed by atoms with van der Waals surface area (Å²) in [5.41, 5.74) is 2.31. The lowest BCUT2D eigenvalue weighted by atomic mass is 10.2. The molecule has 0 aliphatic heterocycles. The summed E-state index contributed by atoms with van der Waals surface area (Å²) in [6.07, 6.45) is 1.76. The summed E-state index contributed by atoms with van der Waals surface area (Å²) in [5, 5.41) is 15.4. The molecular formula is C23H19Cl2N5O2S2. The minimum absolute atomic E-state index is 0.147. The lowest BCUT2D eigenvalue weighted by Crippen LogP contribution is -2.14. The third kappa shape index (κ3) is 5.61. The molecule has 4 aromatic rings. The van der Waals surface area contributed by atoms with Crippen LogP contribution in [0.2, 0.25) is 10.0 Å². The van der Waals surface area contributed by atoms with E-state index in [1.165, 1.54) is 23.1 Å². The smallest absolute Gasteiger partial charge is 0.236 e. The van der Waals surface area contributed by atoms with Gasteiger partial charge >= 0.3 is 0 Å². The van der Waals surface area contributed by atoms with Gasteiger partial charge in [0.2, 0.25) is 5.91 Å². The third-order valence-electron chi connectivity index (χ3n) is 4.67. The second-order valence-corrected chi connectivity index (χ2v) is 9.58. The van der Waals surface area contributed by atoms with E-state index in [0.717, 1.165) is 16.9 Å². The number of ether oxygens (including phenoxy) is 1. The molecule has 2 aromatic heterocycles. The number of carbonyl (C=O) groups excluding carboxylic acids is 1. The molecule has 174 valence electrons. The van der Waals surface area contributed by atoms with Gasteiger partial charge in [-0.25, -0.2) is 4.98 Å². The molecule has 0 saturated heterocycles. The number of hydrogen-bond acceptors (Lipinski definition) is 7. The van der Waals surface area contributed by atoms with Crippen LogP contribution in [0.1, 0.15) is 0 Å². The van der Waals surface area contributed by atoms with Crippen molar-refractivity contribution in [2.24, 2.45) is 0 Å². The van der Waals surface area contributed by atoms with Gasteiger partial charge in [-0.15, -0.1) is 28.1 Å². The van der Waals surface area contributed by atoms with Crippen LogP contribution in [0.25, 0.3) is 22.6 Å². The minimum atomic E-state index is -0.202. The van der Waals surface area contributed by atoms with Crippen LogP contribution in [-0.4, -0.2) is 38.5 Å². The van der Waals surface area contributed by atoms with Gasteiger partial charge in [-0.1, -0.05) is 41.0 Å². The molecule has 1 N–H and O–H groups in total. The van der Waals surface area contributed by atoms with Gasteiger partial charge in [-0.05, 0) is 42.5 Å². The molecule has 4 rings (SSSR count). The van der Waals surface area contributed by atoms with Crippen LogP contribution in [0.15, 0.2) is 65.7 Å². The van der Waals surface area contributed by atoms with Gasteiger partial charge < -0.3 is 10.1 Å². The fourth-order valence-corrected chi connectivity index (χ4v) is 5.06. The SMILES string of the molecule is C=CCn1c(SCC(=O)Nc2nc(-c3ccc(Cl)cc3Cl)cs2)nnc1-c1ccc(OC)cc1. The summed E-state index contributed by atoms with van der Waals surface area (Å²) in [4.78, 5) is 17.0. The monoisotopic (exact) mass is 531 g/mol. The molecule has 0 bridgehead atoms. The number of aromatic nitrogens is 4. The van der Waals surface area contributed by atoms with E-state index in [9.17, 15) is 4.79 Å². The van der Waals surface area contributed by atoms with E-state index in [1.54, 1.807) is 31.4 Å². The summed E-state index contributed by atoms with van der Waals surface area (Å²) < 4.78 is 7.13. The second-order valence-electron chi connectivity index (χ2n) is 6.93. The van der Waals surface area contributed by atoms with E-state index in [-0.39, 0.29) is 11.7 Å². The molecule has 0 spiro atoms. The van der Waals surface area contributed by atoms with Crippen LogP contribution in [0.4, 0.5) is 5.13 Å². The summed E-state index contributed by atoms with van der Waals surface area (Å²) in [7, 11) is 1.62. The number of rotatable bonds is 9. The van der Waals surface area contributed by atoms with E-state index in [4.69, 9.17) is 27.9 Å². The first-order valence-corrected chi connectivity index (χ1v) is 12.6. The average molecular weight is 532 g/mol. The molecule has 7 nitrogen and oxygen atoms in total. The second kappa shape index (κ2) is 11.1. The van der Waals surface area contributed by atoms with Gasteiger partial charge in [0.05, 0.1) is 23.6 Å². The van der Waals surface area contributed by atoms with Gasteiger partial charge in [0, 0.05) is 28.1 Å². The number of allylic oxidation sites excluding steroid dienone is 1. The van der Waals surface area contributed by atoms with Gasteiger partial charge in [0.1, 0.15) is 5.75 Å². The van der Waals surface area contributed by atoms with E-state index in [1.807, 2.05) is 34.2 Å². The Morgan fingerprint density at radius 2 is 2.03 bits per heavy atom. The Bertz CT molecular complexity index is 1320. The number of nitrogens with zero attached hydrogens (tertiary/aromatic N) is 4. The maximum absolute atomic E-state index is 12.6. The first-order chi connectivity index (χ1) is 16.5. The van der Waals surface area contributed by atoms with E-state index >= 15 is 0 Å². The predicted octanol–water partition coefficient (Wildman–Crippen LogP) is 6.30. The molecule has 0 saturated carbocycles. The number of halogens is 2. The van der Waals surface area contributed by atoms with Crippen molar-refractivity contribution in [1.82, 2.24) is 19.7 Å². The fraction of sp³-hybridized carbons (Fsp3) is 0.130. The topological polar surface area (TPSA) is 81.9 Å². The Kier molecular flexibility index (Phi) is 7.89. The average Bonchev–Trinajstić information content (AvgIpc) is 3.45. The lowest BCUT2D eigenvalue weighted by molar-refractivity contribution is -0.113. The normalized spacial score (nSPS) is 10.8. The zero-order chi connectivity index (χ0) is 24.1. The van der Waals surface area contributed by atoms with Crippen molar-refractivity contribution in [2.75, 3.05) is 18.2 Å². The molecule has 11 heteroatoms. The number of thioether (sulfide) groups is 1. The number of thiazole rings is 1. The third-order valence-corrected chi connectivity index (χ3v) is 6.94. The summed E-state index contributed by atoms with van der Waals surface area (Å²) in [6, 6.07) is 12.8. The van der Waals surface area contributed by atoms with E-state index in [0.29, 0.717) is 38.4 Å². The number of amides is 1. The Morgan fingerprint density at radius 1 is 1.24 bits per heavy atom. The lowest BCUT2D eigenvalue weighted by Gasteiger charge is -2.08. The van der Waals surface area contributed by atoms with Crippen molar-refractivity contribution in [2.45, 2.75) is 11.7 Å². The maximum atomic E-state index is 12.6. The van der Waals surface area contributed by atoms with Crippen molar-refractivity contribution in [3.63, 3.8) is 0 Å². The molecule has 1 amide bonds. The minimum Gasteiger partial charge on any atom is -0.497 e. The highest BCUT2D eigenvalue weighted by atomic mass is 35.5. The predicted molar refractivity (Wildman–Crippen MR) is 139 cm³/mol. The first kappa shape index (κ1) is 24.3. The molecule has 0 radical (unpaired) electrons. The number of nitrogens with one attached hydrogen (secondary N) is 1. The van der Waals surface area contributed by atoms with Crippen LogP contribution >= 0.6 is 46.3 Å². The highest BCUT2D eigenvalue weighted by Crippen LogP contribution is 2.32. The Morgan fingerprint density at radius 3 is 2.74 bits per heavy atom. The Hall–Kier alpha value is -2.85. The zero-order valence-electron chi connectivity index (χ0n) is 18.0. The number of carbonyl (C=O) groups is 1. The van der Waals surface area contributed by atoms with E-state index in [2.05, 4.69) is 27.1 Å². The summed E-state index contributed by atoms with van der Waals surface area (Å²) >= 11 is 14.8. The van der Waals surface area contributed by atoms with E-state index < -0.39 is 0 Å². The van der Waals surface area contributed by atoms with Crippen LogP contribution in [0, 0.1) is 0 Å². The summed E-state index contributed by atoms with van der Waals surface area (Å²) in [6.45, 7) is 4.33. The fourth-order valence-electron chi connectivity index (χ4n) is 3.08. The van der Waals surface area contributed by atoms with Gasteiger partial charge in [0.25, 0.3) is 0 Å². The molecule has 0 aliphatic carbocycles. The van der Waals surface area contributed by atoms with Gasteiger partial charge in [0.15, 0.2) is 16.1 Å². The highest BCUT2D eigenvalue weighted by Gasteiger charge is 2.16. The standard InChI is InChI=1S/C23H19Cl2N5O2S2/c1-3-10-30-21(14-4-7-16(32-2)8-5-14)28-29-23(30)34-13-20(31)27-22-26-19(12-33-22)17-9-6-15(24)11-18(17)25/h3-9,11-12H,1,10,13H2,2H3,(H,26,27,31). The molecule has 0 aliphatic rings. The molecule has 0 atom stereocenters. The Labute approximate surface area is 214 Å². The number of anilines is 1. The van der Waals surface area contributed by atoms with Crippen LogP contribution in [0.5, 0.6) is 5.75 Å². The van der Waals surface area contributed by atoms with Crippen molar-refractivity contribution in [3.8, 4) is 28.4 Å². The Balaban J connectivity index is 1.42. The molecular weight excluding hydrogens is 513 g/mol. The van der Waals surface area contributed by atoms with Gasteiger partial charge in [-0.3, -0.25) is 9.36 Å². The molecule has 2 aromatic carbocycles. The molecule has 2 heterocycles. The zero-order valence-corrected chi connectivity index (χ0v) is 21.1.